The first-order valence-corrected chi connectivity index (χ1v) is 12.4. The van der Waals surface area contributed by atoms with E-state index in [9.17, 15) is 23.6 Å². The van der Waals surface area contributed by atoms with Crippen LogP contribution in [0, 0.1) is 17.2 Å². The molecule has 0 bridgehead atoms. The highest BCUT2D eigenvalue weighted by Crippen LogP contribution is 2.23. The monoisotopic (exact) mass is 469 g/mol. The zero-order valence-electron chi connectivity index (χ0n) is 18.3. The summed E-state index contributed by atoms with van der Waals surface area (Å²) < 4.78 is 31.0. The number of amides is 1. The minimum Gasteiger partial charge on any atom is -0.391 e. The van der Waals surface area contributed by atoms with Crippen molar-refractivity contribution in [3.63, 3.8) is 0 Å². The summed E-state index contributed by atoms with van der Waals surface area (Å²) in [5, 5.41) is 20.1. The Morgan fingerprint density at radius 2 is 2.15 bits per heavy atom. The molecule has 1 unspecified atom stereocenters. The van der Waals surface area contributed by atoms with Gasteiger partial charge >= 0.3 is 0 Å². The molecular weight excluding hydrogens is 442 g/mol. The van der Waals surface area contributed by atoms with Crippen molar-refractivity contribution in [2.45, 2.75) is 43.4 Å². The van der Waals surface area contributed by atoms with Gasteiger partial charge in [-0.3, -0.25) is 4.79 Å². The number of aliphatic hydroxyl groups excluding tert-OH is 1. The van der Waals surface area contributed by atoms with Gasteiger partial charge in [-0.2, -0.15) is 9.98 Å². The number of likely N-dealkylation sites (tertiary alicyclic amines) is 1. The van der Waals surface area contributed by atoms with Gasteiger partial charge in [-0.15, -0.1) is 0 Å². The van der Waals surface area contributed by atoms with E-state index in [-0.39, 0.29) is 36.2 Å². The summed E-state index contributed by atoms with van der Waals surface area (Å²) in [6.07, 6.45) is 3.54. The Hall–Kier alpha value is -3.13. The number of H-pyrrole nitrogens is 1. The second kappa shape index (κ2) is 9.39. The fourth-order valence-corrected chi connectivity index (χ4v) is 5.67. The number of rotatable bonds is 7. The number of nitriles is 1. The van der Waals surface area contributed by atoms with Gasteiger partial charge < -0.3 is 19.6 Å². The Bertz CT molecular complexity index is 1290. The Kier molecular flexibility index (Phi) is 6.56. The lowest BCUT2D eigenvalue weighted by Crippen LogP contribution is -2.53. The summed E-state index contributed by atoms with van der Waals surface area (Å²) in [5.41, 5.74) is 1.11. The van der Waals surface area contributed by atoms with Gasteiger partial charge in [-0.1, -0.05) is 13.0 Å². The summed E-state index contributed by atoms with van der Waals surface area (Å²) in [5.74, 6) is -0.301. The Labute approximate surface area is 192 Å². The van der Waals surface area contributed by atoms with Crippen LogP contribution >= 0.6 is 0 Å². The minimum absolute atomic E-state index is 0.0773. The van der Waals surface area contributed by atoms with Gasteiger partial charge in [-0.05, 0) is 49.1 Å². The van der Waals surface area contributed by atoms with Crippen LogP contribution in [-0.4, -0.2) is 59.1 Å². The summed E-state index contributed by atoms with van der Waals surface area (Å²) in [4.78, 5) is 18.0. The number of fused-ring (bicyclic) bond motifs is 1. The van der Waals surface area contributed by atoms with Crippen LogP contribution in [0.25, 0.3) is 10.9 Å². The van der Waals surface area contributed by atoms with Gasteiger partial charge in [0, 0.05) is 42.9 Å². The van der Waals surface area contributed by atoms with Crippen molar-refractivity contribution in [3.05, 3.63) is 54.5 Å². The highest BCUT2D eigenvalue weighted by molar-refractivity contribution is 7.89. The number of nitrogens with one attached hydrogen (secondary N) is 2. The first-order valence-electron chi connectivity index (χ1n) is 10.9. The van der Waals surface area contributed by atoms with Crippen molar-refractivity contribution >= 4 is 26.8 Å². The van der Waals surface area contributed by atoms with Gasteiger partial charge in [0.2, 0.25) is 15.9 Å². The van der Waals surface area contributed by atoms with E-state index in [0.717, 1.165) is 0 Å². The number of β-amino-alcohol motifs (C(OH)–C–C–N with tert-alkyl or cyclic N) is 1. The molecule has 9 nitrogen and oxygen atoms in total. The standard InChI is InChI=1S/C23H27N5O4S/c1-16-8-12-28(15-21(16)29)23(30)20(9-13-27-11-3-4-17(27)14-24)26-33(31,32)22-6-2-5-19-18(22)7-10-25-19/h2-7,10-11,16,20-21,25-26,29H,8-9,12-13,15H2,1H3/t16-,20?,21-/m1/s1. The SMILES string of the molecule is C[C@@H]1CCN(C(=O)C(CCn2cccc2C#N)NS(=O)(=O)c2cccc3[nH]ccc23)C[C@H]1O. The number of piperidine rings is 1. The van der Waals surface area contributed by atoms with Gasteiger partial charge in [-0.25, -0.2) is 8.42 Å². The highest BCUT2D eigenvalue weighted by Gasteiger charge is 2.34. The molecule has 1 fully saturated rings. The normalized spacial score (nSPS) is 20.0. The number of benzene rings is 1. The number of carbonyl (C=O) groups is 1. The maximum Gasteiger partial charge on any atom is 0.241 e. The average Bonchev–Trinajstić information content (AvgIpc) is 3.46. The number of hydrogen-bond donors (Lipinski definition) is 3. The van der Waals surface area contributed by atoms with Crippen molar-refractivity contribution in [1.29, 1.82) is 5.26 Å². The van der Waals surface area contributed by atoms with Crippen LogP contribution < -0.4 is 4.72 Å². The van der Waals surface area contributed by atoms with Crippen LogP contribution in [-0.2, 0) is 21.4 Å². The van der Waals surface area contributed by atoms with Gasteiger partial charge in [0.1, 0.15) is 17.8 Å². The lowest BCUT2D eigenvalue weighted by atomic mass is 9.95. The number of sulfonamides is 1. The fraction of sp³-hybridized carbons (Fsp3) is 0.391. The molecule has 3 aromatic rings. The first-order chi connectivity index (χ1) is 15.8. The molecule has 3 atom stereocenters. The molecule has 0 aliphatic carbocycles. The zero-order valence-corrected chi connectivity index (χ0v) is 19.1. The predicted octanol–water partition coefficient (Wildman–Crippen LogP) is 1.81. The van der Waals surface area contributed by atoms with Gasteiger partial charge in [0.05, 0.1) is 11.0 Å². The summed E-state index contributed by atoms with van der Waals surface area (Å²) in [7, 11) is -4.02. The number of aromatic nitrogens is 2. The molecule has 1 saturated heterocycles. The van der Waals surface area contributed by atoms with E-state index in [4.69, 9.17) is 0 Å². The zero-order chi connectivity index (χ0) is 23.6. The highest BCUT2D eigenvalue weighted by atomic mass is 32.2. The molecule has 0 spiro atoms. The molecule has 0 saturated carbocycles. The minimum atomic E-state index is -4.02. The number of aliphatic hydroxyl groups is 1. The third-order valence-electron chi connectivity index (χ3n) is 6.27. The largest absolute Gasteiger partial charge is 0.391 e. The molecule has 2 aromatic heterocycles. The van der Waals surface area contributed by atoms with E-state index in [0.29, 0.717) is 29.6 Å². The smallest absolute Gasteiger partial charge is 0.241 e. The van der Waals surface area contributed by atoms with Crippen molar-refractivity contribution < 1.29 is 18.3 Å². The Morgan fingerprint density at radius 1 is 1.33 bits per heavy atom. The second-order valence-corrected chi connectivity index (χ2v) is 10.2. The molecule has 4 rings (SSSR count). The van der Waals surface area contributed by atoms with E-state index in [1.54, 1.807) is 47.3 Å². The average molecular weight is 470 g/mol. The molecule has 3 N–H and O–H groups in total. The van der Waals surface area contributed by atoms with Crippen molar-refractivity contribution in [2.75, 3.05) is 13.1 Å². The Balaban J connectivity index is 1.61. The third kappa shape index (κ3) is 4.80. The lowest BCUT2D eigenvalue weighted by Gasteiger charge is -2.36. The number of carbonyl (C=O) groups excluding carboxylic acids is 1. The topological polar surface area (TPSA) is 131 Å². The maximum atomic E-state index is 13.4. The molecule has 0 radical (unpaired) electrons. The molecule has 10 heteroatoms. The van der Waals surface area contributed by atoms with Crippen LogP contribution in [0.4, 0.5) is 0 Å². The molecule has 33 heavy (non-hydrogen) atoms. The van der Waals surface area contributed by atoms with Crippen LogP contribution in [0.2, 0.25) is 0 Å². The summed E-state index contributed by atoms with van der Waals surface area (Å²) >= 11 is 0. The molecule has 1 aliphatic rings. The van der Waals surface area contributed by atoms with E-state index in [1.807, 2.05) is 6.92 Å². The van der Waals surface area contributed by atoms with Crippen molar-refractivity contribution in [1.82, 2.24) is 19.2 Å². The summed E-state index contributed by atoms with van der Waals surface area (Å²) in [6, 6.07) is 11.1. The number of aromatic amines is 1. The van der Waals surface area contributed by atoms with Crippen LogP contribution in [0.5, 0.6) is 0 Å². The van der Waals surface area contributed by atoms with Crippen LogP contribution in [0.1, 0.15) is 25.5 Å². The second-order valence-electron chi connectivity index (χ2n) is 8.47. The van der Waals surface area contributed by atoms with Crippen molar-refractivity contribution in [3.8, 4) is 6.07 Å². The van der Waals surface area contributed by atoms with E-state index >= 15 is 0 Å². The molecular formula is C23H27N5O4S. The van der Waals surface area contributed by atoms with Gasteiger partial charge in [0.25, 0.3) is 0 Å². The molecule has 1 aromatic carbocycles. The van der Waals surface area contributed by atoms with Gasteiger partial charge in [0.15, 0.2) is 0 Å². The van der Waals surface area contributed by atoms with E-state index < -0.39 is 22.2 Å². The van der Waals surface area contributed by atoms with E-state index in [1.165, 1.54) is 11.0 Å². The van der Waals surface area contributed by atoms with Crippen LogP contribution in [0.15, 0.2) is 53.7 Å². The Morgan fingerprint density at radius 3 is 2.91 bits per heavy atom. The van der Waals surface area contributed by atoms with E-state index in [2.05, 4.69) is 15.8 Å². The number of hydrogen-bond acceptors (Lipinski definition) is 5. The molecule has 174 valence electrons. The predicted molar refractivity (Wildman–Crippen MR) is 123 cm³/mol. The fourth-order valence-electron chi connectivity index (χ4n) is 4.22. The number of nitrogens with zero attached hydrogens (tertiary/aromatic N) is 3. The maximum absolute atomic E-state index is 13.4. The third-order valence-corrected chi connectivity index (χ3v) is 7.80. The molecule has 1 aliphatic heterocycles. The molecule has 1 amide bonds. The molecule has 3 heterocycles. The first kappa shape index (κ1) is 23.0. The van der Waals surface area contributed by atoms with Crippen LogP contribution in [0.3, 0.4) is 0 Å². The van der Waals surface area contributed by atoms with Crippen molar-refractivity contribution in [2.24, 2.45) is 5.92 Å². The summed E-state index contributed by atoms with van der Waals surface area (Å²) in [6.45, 7) is 2.84. The quantitative estimate of drug-likeness (QED) is 0.486. The number of aryl methyl sites for hydroxylation is 1. The lowest BCUT2D eigenvalue weighted by molar-refractivity contribution is -0.137.